The van der Waals surface area contributed by atoms with Gasteiger partial charge < -0.3 is 4.90 Å². The molecule has 0 unspecified atom stereocenters. The van der Waals surface area contributed by atoms with Crippen molar-refractivity contribution in [3.05, 3.63) is 22.4 Å². The minimum Gasteiger partial charge on any atom is -0.320 e. The topological polar surface area (TPSA) is 23.6 Å². The first kappa shape index (κ1) is 14.0. The summed E-state index contributed by atoms with van der Waals surface area (Å²) in [5.74, 6) is 1.11. The van der Waals surface area contributed by atoms with Crippen LogP contribution in [0.1, 0.15) is 43.0 Å². The second-order valence-electron chi connectivity index (χ2n) is 5.95. The zero-order valence-corrected chi connectivity index (χ0v) is 14.2. The summed E-state index contributed by atoms with van der Waals surface area (Å²) in [5.41, 5.74) is 1.29. The van der Waals surface area contributed by atoms with Crippen molar-refractivity contribution < 1.29 is 4.79 Å². The summed E-state index contributed by atoms with van der Waals surface area (Å²) in [6.07, 6.45) is 5.98. The van der Waals surface area contributed by atoms with Gasteiger partial charge in [-0.05, 0) is 47.4 Å². The van der Waals surface area contributed by atoms with E-state index < -0.39 is 0 Å². The van der Waals surface area contributed by atoms with Crippen molar-refractivity contribution in [2.45, 2.75) is 49.6 Å². The molecular formula is C15H18N2OS3. The first-order chi connectivity index (χ1) is 10.3. The van der Waals surface area contributed by atoms with E-state index >= 15 is 0 Å². The lowest BCUT2D eigenvalue weighted by atomic mass is 9.94. The van der Waals surface area contributed by atoms with Gasteiger partial charge in [0.15, 0.2) is 5.11 Å². The van der Waals surface area contributed by atoms with E-state index in [1.54, 1.807) is 11.3 Å². The van der Waals surface area contributed by atoms with Crippen molar-refractivity contribution in [2.75, 3.05) is 5.75 Å². The van der Waals surface area contributed by atoms with Gasteiger partial charge in [0.05, 0.1) is 0 Å². The zero-order valence-electron chi connectivity index (χ0n) is 11.7. The second-order valence-corrected chi connectivity index (χ2v) is 8.21. The summed E-state index contributed by atoms with van der Waals surface area (Å²) in [5, 5.41) is 5.28. The molecule has 0 bridgehead atoms. The molecule has 4 rings (SSSR count). The Kier molecular flexibility index (Phi) is 3.71. The van der Waals surface area contributed by atoms with Crippen LogP contribution in [-0.2, 0) is 4.79 Å². The van der Waals surface area contributed by atoms with Crippen molar-refractivity contribution in [2.24, 2.45) is 0 Å². The van der Waals surface area contributed by atoms with E-state index in [0.29, 0.717) is 6.04 Å². The second kappa shape index (κ2) is 5.56. The smallest absolute Gasteiger partial charge is 0.252 e. The first-order valence-electron chi connectivity index (χ1n) is 7.56. The molecule has 6 heteroatoms. The molecule has 3 heterocycles. The Morgan fingerprint density at radius 3 is 2.76 bits per heavy atom. The molecule has 1 aromatic rings. The fourth-order valence-electron chi connectivity index (χ4n) is 3.66. The molecule has 2 aliphatic heterocycles. The SMILES string of the molecule is O=C1[C@@H]2CS[C@@H](c3ccsc3)N2C(=S)N1C1CCCCC1. The molecule has 3 aliphatic rings. The van der Waals surface area contributed by atoms with Gasteiger partial charge in [0.1, 0.15) is 11.4 Å². The van der Waals surface area contributed by atoms with Crippen LogP contribution in [0.3, 0.4) is 0 Å². The number of rotatable bonds is 2. The summed E-state index contributed by atoms with van der Waals surface area (Å²) in [6.45, 7) is 0. The third kappa shape index (κ3) is 2.23. The lowest BCUT2D eigenvalue weighted by molar-refractivity contribution is -0.129. The van der Waals surface area contributed by atoms with E-state index in [1.807, 2.05) is 16.7 Å². The summed E-state index contributed by atoms with van der Waals surface area (Å²) in [6, 6.07) is 2.47. The lowest BCUT2D eigenvalue weighted by Crippen LogP contribution is -2.42. The largest absolute Gasteiger partial charge is 0.320 e. The van der Waals surface area contributed by atoms with Gasteiger partial charge in [-0.15, -0.1) is 11.8 Å². The van der Waals surface area contributed by atoms with Gasteiger partial charge in [-0.3, -0.25) is 9.69 Å². The number of fused-ring (bicyclic) bond motifs is 1. The fourth-order valence-corrected chi connectivity index (χ4v) is 6.37. The number of thiophene rings is 1. The van der Waals surface area contributed by atoms with Crippen LogP contribution in [0.2, 0.25) is 0 Å². The molecule has 112 valence electrons. The summed E-state index contributed by atoms with van der Waals surface area (Å²) in [4.78, 5) is 16.9. The van der Waals surface area contributed by atoms with E-state index in [1.165, 1.54) is 24.8 Å². The Hall–Kier alpha value is -0.590. The number of hydrogen-bond acceptors (Lipinski definition) is 4. The highest BCUT2D eigenvalue weighted by Crippen LogP contribution is 2.46. The minimum atomic E-state index is -0.0330. The highest BCUT2D eigenvalue weighted by molar-refractivity contribution is 7.99. The molecule has 0 aromatic carbocycles. The van der Waals surface area contributed by atoms with Crippen LogP contribution in [0.4, 0.5) is 0 Å². The van der Waals surface area contributed by atoms with Crippen LogP contribution in [0.25, 0.3) is 0 Å². The molecule has 1 saturated carbocycles. The Labute approximate surface area is 138 Å². The fraction of sp³-hybridized carbons (Fsp3) is 0.600. The molecule has 1 aromatic heterocycles. The number of carbonyl (C=O) groups excluding carboxylic acids is 1. The average molecular weight is 339 g/mol. The van der Waals surface area contributed by atoms with Gasteiger partial charge in [-0.25, -0.2) is 0 Å². The van der Waals surface area contributed by atoms with Gasteiger partial charge in [0, 0.05) is 11.8 Å². The molecule has 0 spiro atoms. The summed E-state index contributed by atoms with van der Waals surface area (Å²) >= 11 is 9.26. The Morgan fingerprint density at radius 2 is 2.05 bits per heavy atom. The van der Waals surface area contributed by atoms with E-state index in [4.69, 9.17) is 12.2 Å². The lowest BCUT2D eigenvalue weighted by Gasteiger charge is -2.32. The molecule has 3 fully saturated rings. The molecule has 1 aliphatic carbocycles. The molecule has 1 amide bonds. The van der Waals surface area contributed by atoms with Crippen LogP contribution >= 0.6 is 35.3 Å². The quantitative estimate of drug-likeness (QED) is 0.769. The highest BCUT2D eigenvalue weighted by Gasteiger charge is 2.52. The predicted octanol–water partition coefficient (Wildman–Crippen LogP) is 3.62. The van der Waals surface area contributed by atoms with Crippen molar-refractivity contribution >= 4 is 46.3 Å². The number of carbonyl (C=O) groups is 1. The number of thioether (sulfide) groups is 1. The number of nitrogens with zero attached hydrogens (tertiary/aromatic N) is 2. The van der Waals surface area contributed by atoms with Crippen molar-refractivity contribution in [1.82, 2.24) is 9.80 Å². The van der Waals surface area contributed by atoms with Crippen molar-refractivity contribution in [3.8, 4) is 0 Å². The maximum atomic E-state index is 12.8. The molecule has 0 N–H and O–H groups in total. The highest BCUT2D eigenvalue weighted by atomic mass is 32.2. The third-order valence-electron chi connectivity index (χ3n) is 4.72. The minimum absolute atomic E-state index is 0.0330. The van der Waals surface area contributed by atoms with Gasteiger partial charge in [0.25, 0.3) is 5.91 Å². The van der Waals surface area contributed by atoms with Crippen molar-refractivity contribution in [3.63, 3.8) is 0 Å². The summed E-state index contributed by atoms with van der Waals surface area (Å²) < 4.78 is 0. The van der Waals surface area contributed by atoms with Crippen LogP contribution in [-0.4, -0.2) is 38.7 Å². The number of thiocarbonyl (C=S) groups is 1. The Balaban J connectivity index is 1.61. The number of amides is 1. The first-order valence-corrected chi connectivity index (χ1v) is 9.96. The molecule has 3 nitrogen and oxygen atoms in total. The van der Waals surface area contributed by atoms with Gasteiger partial charge in [-0.2, -0.15) is 11.3 Å². The maximum absolute atomic E-state index is 12.8. The van der Waals surface area contributed by atoms with Gasteiger partial charge in [-0.1, -0.05) is 19.3 Å². The van der Waals surface area contributed by atoms with E-state index in [2.05, 4.69) is 21.7 Å². The van der Waals surface area contributed by atoms with Crippen LogP contribution in [0.5, 0.6) is 0 Å². The molecular weight excluding hydrogens is 320 g/mol. The maximum Gasteiger partial charge on any atom is 0.252 e. The van der Waals surface area contributed by atoms with E-state index in [9.17, 15) is 4.79 Å². The normalized spacial score (nSPS) is 30.3. The van der Waals surface area contributed by atoms with E-state index in [0.717, 1.165) is 23.7 Å². The van der Waals surface area contributed by atoms with Crippen LogP contribution in [0, 0.1) is 0 Å². The Morgan fingerprint density at radius 1 is 1.24 bits per heavy atom. The van der Waals surface area contributed by atoms with E-state index in [-0.39, 0.29) is 17.3 Å². The summed E-state index contributed by atoms with van der Waals surface area (Å²) in [7, 11) is 0. The van der Waals surface area contributed by atoms with Crippen LogP contribution < -0.4 is 0 Å². The average Bonchev–Trinajstić information content (AvgIpc) is 3.20. The molecule has 0 radical (unpaired) electrons. The van der Waals surface area contributed by atoms with Gasteiger partial charge in [0.2, 0.25) is 0 Å². The van der Waals surface area contributed by atoms with Crippen molar-refractivity contribution in [1.29, 1.82) is 0 Å². The van der Waals surface area contributed by atoms with Gasteiger partial charge >= 0.3 is 0 Å². The third-order valence-corrected chi connectivity index (χ3v) is 7.15. The molecule has 2 saturated heterocycles. The predicted molar refractivity (Wildman–Crippen MR) is 91.5 cm³/mol. The number of hydrogen-bond donors (Lipinski definition) is 0. The molecule has 2 atom stereocenters. The molecule has 21 heavy (non-hydrogen) atoms. The monoisotopic (exact) mass is 338 g/mol. The Bertz CT molecular complexity index is 553. The van der Waals surface area contributed by atoms with Crippen LogP contribution in [0.15, 0.2) is 16.8 Å². The standard InChI is InChI=1S/C15H18N2OS3/c18-13-12-9-21-14(10-6-7-20-8-10)17(12)15(19)16(13)11-4-2-1-3-5-11/h6-8,11-12,14H,1-5,9H2/t12-,14-/m0/s1. The zero-order chi connectivity index (χ0) is 14.4.